The van der Waals surface area contributed by atoms with Crippen molar-refractivity contribution in [2.75, 3.05) is 16.0 Å². The molecule has 0 aromatic heterocycles. The minimum atomic E-state index is -1.02. The summed E-state index contributed by atoms with van der Waals surface area (Å²) in [7, 11) is 0. The number of carbonyl (C=O) groups excluding carboxylic acids is 1. The van der Waals surface area contributed by atoms with Crippen molar-refractivity contribution in [3.05, 3.63) is 59.7 Å². The van der Waals surface area contributed by atoms with Crippen molar-refractivity contribution in [2.24, 2.45) is 16.8 Å². The molecule has 2 aromatic rings. The van der Waals surface area contributed by atoms with E-state index in [1.54, 1.807) is 24.3 Å². The zero-order chi connectivity index (χ0) is 21.0. The third-order valence-electron chi connectivity index (χ3n) is 4.48. The van der Waals surface area contributed by atoms with Crippen LogP contribution in [0, 0.1) is 0 Å². The number of Topliss-reactive ketones (excluding diaryl/α,β-unsaturated/α-hetero) is 1. The Hall–Kier alpha value is -2.69. The first-order valence-corrected chi connectivity index (χ1v) is 10.7. The van der Waals surface area contributed by atoms with E-state index in [1.807, 2.05) is 18.4 Å². The summed E-state index contributed by atoms with van der Waals surface area (Å²) in [6, 6.07) is 13.3. The Morgan fingerprint density at radius 1 is 1.10 bits per heavy atom. The molecule has 0 spiro atoms. The van der Waals surface area contributed by atoms with E-state index in [-0.39, 0.29) is 16.5 Å². The number of carboxylic acid groups (broad SMARTS) is 1. The van der Waals surface area contributed by atoms with E-state index >= 15 is 0 Å². The molecule has 0 aliphatic heterocycles. The summed E-state index contributed by atoms with van der Waals surface area (Å²) >= 11 is 2.71. The quantitative estimate of drug-likeness (QED) is 0.130. The van der Waals surface area contributed by atoms with Crippen molar-refractivity contribution in [1.29, 1.82) is 0 Å². The van der Waals surface area contributed by atoms with Gasteiger partial charge in [0.15, 0.2) is 5.78 Å². The van der Waals surface area contributed by atoms with Crippen molar-refractivity contribution in [1.82, 2.24) is 0 Å². The van der Waals surface area contributed by atoms with E-state index in [0.29, 0.717) is 24.1 Å². The van der Waals surface area contributed by atoms with Crippen LogP contribution in [0.25, 0.3) is 0 Å². The normalized spacial score (nSPS) is 14.9. The molecule has 1 aliphatic carbocycles. The third-order valence-corrected chi connectivity index (χ3v) is 6.39. The molecule has 0 atom stereocenters. The fourth-order valence-electron chi connectivity index (χ4n) is 2.75. The number of hydrogen-bond acceptors (Lipinski definition) is 8. The Labute approximate surface area is 176 Å². The molecule has 2 aromatic carbocycles. The van der Waals surface area contributed by atoms with Gasteiger partial charge in [0.1, 0.15) is 0 Å². The van der Waals surface area contributed by atoms with Crippen LogP contribution in [0.4, 0.5) is 11.4 Å². The minimum absolute atomic E-state index is 0.00831. The monoisotopic (exact) mass is 431 g/mol. The van der Waals surface area contributed by atoms with Gasteiger partial charge in [-0.05, 0) is 61.4 Å². The molecule has 1 fully saturated rings. The van der Waals surface area contributed by atoms with Gasteiger partial charge in [-0.1, -0.05) is 23.7 Å². The summed E-state index contributed by atoms with van der Waals surface area (Å²) in [5.41, 5.74) is 2.21. The molecule has 0 heterocycles. The van der Waals surface area contributed by atoms with Crippen LogP contribution in [0.2, 0.25) is 0 Å². The molecule has 29 heavy (non-hydrogen) atoms. The van der Waals surface area contributed by atoms with Gasteiger partial charge < -0.3 is 15.7 Å². The molecular formula is C19H21N5O3S2. The van der Waals surface area contributed by atoms with Crippen LogP contribution in [0.5, 0.6) is 0 Å². The molecule has 0 amide bonds. The van der Waals surface area contributed by atoms with Gasteiger partial charge >= 0.3 is 5.97 Å². The van der Waals surface area contributed by atoms with Gasteiger partial charge in [0.25, 0.3) is 0 Å². The zero-order valence-electron chi connectivity index (χ0n) is 15.7. The number of carboxylic acids is 1. The van der Waals surface area contributed by atoms with Crippen molar-refractivity contribution in [3.8, 4) is 0 Å². The van der Waals surface area contributed by atoms with E-state index < -0.39 is 10.7 Å². The molecule has 1 saturated carbocycles. The smallest absolute Gasteiger partial charge is 0.335 e. The summed E-state index contributed by atoms with van der Waals surface area (Å²) in [4.78, 5) is 24.1. The summed E-state index contributed by atoms with van der Waals surface area (Å²) in [6.07, 6.45) is 3.33. The molecule has 1 aliphatic rings. The topological polar surface area (TPSA) is 134 Å². The van der Waals surface area contributed by atoms with Crippen LogP contribution in [-0.2, 0) is 0 Å². The maximum Gasteiger partial charge on any atom is 0.335 e. The van der Waals surface area contributed by atoms with Gasteiger partial charge in [-0.2, -0.15) is 5.10 Å². The number of benzene rings is 2. The summed E-state index contributed by atoms with van der Waals surface area (Å²) in [5.74, 6) is 10.7. The minimum Gasteiger partial charge on any atom is -0.478 e. The number of hydrazine groups is 1. The first kappa shape index (κ1) is 21.0. The third kappa shape index (κ3) is 4.66. The number of nitrogens with one attached hydrogen (secondary N) is 1. The second-order valence-electron chi connectivity index (χ2n) is 6.44. The van der Waals surface area contributed by atoms with Crippen molar-refractivity contribution in [2.45, 2.75) is 17.6 Å². The number of carbonyl (C=O) groups is 2. The lowest BCUT2D eigenvalue weighted by atomic mass is 10.1. The predicted molar refractivity (Wildman–Crippen MR) is 119 cm³/mol. The van der Waals surface area contributed by atoms with E-state index in [1.165, 1.54) is 40.9 Å². The van der Waals surface area contributed by atoms with Crippen molar-refractivity contribution >= 4 is 52.0 Å². The highest BCUT2D eigenvalue weighted by atomic mass is 32.2. The molecule has 0 bridgehead atoms. The number of hydrazone groups is 1. The lowest BCUT2D eigenvalue weighted by Gasteiger charge is -2.23. The lowest BCUT2D eigenvalue weighted by molar-refractivity contribution is 0.0696. The summed E-state index contributed by atoms with van der Waals surface area (Å²) < 4.78 is 2.47. The van der Waals surface area contributed by atoms with Crippen LogP contribution in [0.1, 0.15) is 33.6 Å². The predicted octanol–water partition coefficient (Wildman–Crippen LogP) is 3.13. The Morgan fingerprint density at radius 2 is 1.69 bits per heavy atom. The van der Waals surface area contributed by atoms with E-state index in [4.69, 9.17) is 16.8 Å². The lowest BCUT2D eigenvalue weighted by Crippen LogP contribution is -2.38. The average molecular weight is 432 g/mol. The number of anilines is 2. The molecule has 3 rings (SSSR count). The van der Waals surface area contributed by atoms with Crippen molar-refractivity contribution in [3.63, 3.8) is 0 Å². The molecule has 8 nitrogen and oxygen atoms in total. The number of thioether (sulfide) groups is 1. The maximum absolute atomic E-state index is 13.1. The molecule has 6 N–H and O–H groups in total. The van der Waals surface area contributed by atoms with E-state index in [9.17, 15) is 9.59 Å². The Kier molecular flexibility index (Phi) is 6.36. The Balaban J connectivity index is 1.74. The molecule has 0 saturated heterocycles. The van der Waals surface area contributed by atoms with Gasteiger partial charge in [-0.3, -0.25) is 9.80 Å². The summed E-state index contributed by atoms with van der Waals surface area (Å²) in [6.45, 7) is 0. The van der Waals surface area contributed by atoms with Crippen LogP contribution in [0.15, 0.2) is 53.6 Å². The first-order chi connectivity index (χ1) is 13.9. The van der Waals surface area contributed by atoms with Gasteiger partial charge in [0.2, 0.25) is 5.17 Å². The maximum atomic E-state index is 13.1. The Bertz CT molecular complexity index is 928. The highest BCUT2D eigenvalue weighted by Crippen LogP contribution is 2.51. The van der Waals surface area contributed by atoms with Gasteiger partial charge in [-0.15, -0.1) is 0 Å². The summed E-state index contributed by atoms with van der Waals surface area (Å²) in [5, 5.41) is 14.3. The highest BCUT2D eigenvalue weighted by molar-refractivity contribution is 8.16. The molecule has 0 radical (unpaired) electrons. The highest BCUT2D eigenvalue weighted by Gasteiger charge is 2.52. The number of hydrogen-bond donors (Lipinski definition) is 4. The van der Waals surface area contributed by atoms with Crippen LogP contribution < -0.4 is 21.4 Å². The van der Waals surface area contributed by atoms with E-state index in [2.05, 4.69) is 9.82 Å². The number of ketones is 1. The largest absolute Gasteiger partial charge is 0.478 e. The number of nitrogens with two attached hydrogens (primary N) is 2. The number of aromatic carboxylic acids is 1. The fraction of sp³-hybridized carbons (Fsp3) is 0.211. The first-order valence-electron chi connectivity index (χ1n) is 8.69. The number of rotatable bonds is 7. The van der Waals surface area contributed by atoms with Crippen molar-refractivity contribution < 1.29 is 14.7 Å². The fourth-order valence-corrected chi connectivity index (χ4v) is 4.24. The standard InChI is InChI=1S/C19H21N5O3S2/c1-28-23-14-6-2-12(3-7-14)16(25)19(10-11-19)29-18(22-20)24(21)15-8-4-13(5-9-15)17(26)27/h2-9,23H,10-11,20-21H2,1H3,(H,26,27)/b22-18+. The molecular weight excluding hydrogens is 410 g/mol. The van der Waals surface area contributed by atoms with Gasteiger partial charge in [0.05, 0.1) is 16.0 Å². The molecule has 10 heteroatoms. The van der Waals surface area contributed by atoms with Gasteiger partial charge in [-0.25, -0.2) is 10.6 Å². The second kappa shape index (κ2) is 8.76. The number of nitrogens with zero attached hydrogens (tertiary/aromatic N) is 2. The van der Waals surface area contributed by atoms with E-state index in [0.717, 1.165) is 5.69 Å². The second-order valence-corrected chi connectivity index (χ2v) is 8.41. The van der Waals surface area contributed by atoms with Crippen LogP contribution >= 0.6 is 23.7 Å². The van der Waals surface area contributed by atoms with Crippen LogP contribution in [0.3, 0.4) is 0 Å². The average Bonchev–Trinajstić information content (AvgIpc) is 3.52. The molecule has 152 valence electrons. The zero-order valence-corrected chi connectivity index (χ0v) is 17.3. The molecule has 0 unspecified atom stereocenters. The van der Waals surface area contributed by atoms with Gasteiger partial charge in [0, 0.05) is 17.5 Å². The SMILES string of the molecule is CSNc1ccc(C(=O)C2(S/C(=N/N)N(N)c3ccc(C(=O)O)cc3)CC2)cc1. The van der Waals surface area contributed by atoms with Crippen LogP contribution in [-0.4, -0.2) is 33.0 Å². The number of amidine groups is 1. The Morgan fingerprint density at radius 3 is 2.17 bits per heavy atom.